The standard InChI is InChI=1S/C8H20O3Si.C7H11O2/c1-5-9-12(8-4,10-6-2)11-7-3;1-4-5-9-7(8)6(2)3/h5-8H2,1-4H3;1-2,4-5H2,3H3. The predicted molar refractivity (Wildman–Crippen MR) is 86.9 cm³/mol. The van der Waals surface area contributed by atoms with Crippen molar-refractivity contribution in [1.29, 1.82) is 0 Å². The monoisotopic (exact) mass is 319 g/mol. The summed E-state index contributed by atoms with van der Waals surface area (Å²) in [4.78, 5) is 10.6. The van der Waals surface area contributed by atoms with Crippen molar-refractivity contribution < 1.29 is 22.8 Å². The molecule has 0 saturated carbocycles. The Hall–Kier alpha value is -0.693. The highest BCUT2D eigenvalue weighted by atomic mass is 28.4. The van der Waals surface area contributed by atoms with Crippen molar-refractivity contribution in [3.8, 4) is 0 Å². The Kier molecular flexibility index (Phi) is 15.3. The van der Waals surface area contributed by atoms with Crippen LogP contribution in [-0.2, 0) is 22.8 Å². The molecule has 0 spiro atoms. The first-order valence-corrected chi connectivity index (χ1v) is 9.39. The minimum absolute atomic E-state index is 0.335. The van der Waals surface area contributed by atoms with Crippen LogP contribution in [0.4, 0.5) is 0 Å². The number of carbonyl (C=O) groups is 1. The highest BCUT2D eigenvalue weighted by molar-refractivity contribution is 6.60. The molecule has 0 atom stereocenters. The van der Waals surface area contributed by atoms with Crippen LogP contribution in [0, 0.1) is 6.92 Å². The van der Waals surface area contributed by atoms with Crippen molar-refractivity contribution in [3.05, 3.63) is 19.1 Å². The number of rotatable bonds is 10. The van der Waals surface area contributed by atoms with Crippen LogP contribution in [-0.4, -0.2) is 41.2 Å². The van der Waals surface area contributed by atoms with Crippen molar-refractivity contribution in [3.63, 3.8) is 0 Å². The van der Waals surface area contributed by atoms with Crippen molar-refractivity contribution >= 4 is 14.8 Å². The Labute approximate surface area is 131 Å². The van der Waals surface area contributed by atoms with Gasteiger partial charge in [-0.1, -0.05) is 13.5 Å². The van der Waals surface area contributed by atoms with Crippen molar-refractivity contribution in [2.24, 2.45) is 0 Å². The minimum Gasteiger partial charge on any atom is -0.462 e. The Morgan fingerprint density at radius 3 is 1.67 bits per heavy atom. The van der Waals surface area contributed by atoms with E-state index in [0.29, 0.717) is 38.4 Å². The molecule has 0 N–H and O–H groups in total. The first-order chi connectivity index (χ1) is 9.92. The van der Waals surface area contributed by atoms with Crippen LogP contribution in [0.15, 0.2) is 12.2 Å². The Morgan fingerprint density at radius 2 is 1.43 bits per heavy atom. The zero-order chi connectivity index (χ0) is 16.7. The van der Waals surface area contributed by atoms with Crippen LogP contribution in [0.25, 0.3) is 0 Å². The molecule has 0 heterocycles. The lowest BCUT2D eigenvalue weighted by Gasteiger charge is -2.26. The highest BCUT2D eigenvalue weighted by Gasteiger charge is 2.37. The second-order valence-electron chi connectivity index (χ2n) is 4.11. The molecule has 1 radical (unpaired) electrons. The average Bonchev–Trinajstić information content (AvgIpc) is 2.46. The maximum Gasteiger partial charge on any atom is 0.500 e. The lowest BCUT2D eigenvalue weighted by molar-refractivity contribution is -0.138. The van der Waals surface area contributed by atoms with E-state index in [4.69, 9.17) is 13.3 Å². The summed E-state index contributed by atoms with van der Waals surface area (Å²) in [5, 5.41) is 0. The minimum atomic E-state index is -2.27. The van der Waals surface area contributed by atoms with Crippen LogP contribution in [0.2, 0.25) is 6.04 Å². The van der Waals surface area contributed by atoms with Crippen LogP contribution >= 0.6 is 0 Å². The topological polar surface area (TPSA) is 54.0 Å². The van der Waals surface area contributed by atoms with Crippen LogP contribution in [0.1, 0.15) is 41.0 Å². The van der Waals surface area contributed by atoms with Crippen LogP contribution in [0.3, 0.4) is 0 Å². The summed E-state index contributed by atoms with van der Waals surface area (Å²) in [5.41, 5.74) is 0.434. The van der Waals surface area contributed by atoms with Crippen molar-refractivity contribution in [2.75, 3.05) is 26.4 Å². The quantitative estimate of drug-likeness (QED) is 0.351. The number of esters is 1. The Bertz CT molecular complexity index is 264. The van der Waals surface area contributed by atoms with E-state index in [0.717, 1.165) is 6.04 Å². The molecule has 6 heteroatoms. The summed E-state index contributed by atoms with van der Waals surface area (Å²) in [6.45, 7) is 18.9. The summed E-state index contributed by atoms with van der Waals surface area (Å²) in [6.07, 6.45) is 0.610. The van der Waals surface area contributed by atoms with Gasteiger partial charge in [0.2, 0.25) is 0 Å². The van der Waals surface area contributed by atoms with Gasteiger partial charge in [-0.2, -0.15) is 0 Å². The molecule has 5 nitrogen and oxygen atoms in total. The maximum atomic E-state index is 10.6. The third kappa shape index (κ3) is 11.6. The van der Waals surface area contributed by atoms with E-state index < -0.39 is 8.80 Å². The van der Waals surface area contributed by atoms with Gasteiger partial charge in [0, 0.05) is 31.4 Å². The molecule has 0 aromatic heterocycles. The van der Waals surface area contributed by atoms with Gasteiger partial charge in [-0.05, 0) is 41.0 Å². The number of ether oxygens (including phenoxy) is 1. The first kappa shape index (κ1) is 22.6. The number of hydrogen-bond donors (Lipinski definition) is 0. The van der Waals surface area contributed by atoms with Crippen LogP contribution in [0.5, 0.6) is 0 Å². The van der Waals surface area contributed by atoms with Gasteiger partial charge in [0.25, 0.3) is 0 Å². The average molecular weight is 319 g/mol. The first-order valence-electron chi connectivity index (χ1n) is 7.46. The molecule has 0 saturated heterocycles. The van der Waals surface area contributed by atoms with Gasteiger partial charge < -0.3 is 18.0 Å². The second kappa shape index (κ2) is 14.3. The summed E-state index contributed by atoms with van der Waals surface area (Å²) in [7, 11) is -2.27. The van der Waals surface area contributed by atoms with Gasteiger partial charge >= 0.3 is 14.8 Å². The Balaban J connectivity index is 0. The summed E-state index contributed by atoms with van der Waals surface area (Å²) in [5.74, 6) is -0.335. The molecule has 0 aliphatic rings. The molecule has 0 aliphatic carbocycles. The van der Waals surface area contributed by atoms with E-state index in [1.54, 1.807) is 6.92 Å². The maximum absolute atomic E-state index is 10.6. The third-order valence-corrected chi connectivity index (χ3v) is 5.30. The second-order valence-corrected chi connectivity index (χ2v) is 7.04. The van der Waals surface area contributed by atoms with Gasteiger partial charge in [0.1, 0.15) is 0 Å². The number of hydrogen-bond acceptors (Lipinski definition) is 5. The van der Waals surface area contributed by atoms with Gasteiger partial charge in [0.05, 0.1) is 6.61 Å². The van der Waals surface area contributed by atoms with Gasteiger partial charge in [-0.25, -0.2) is 4.79 Å². The van der Waals surface area contributed by atoms with E-state index >= 15 is 0 Å². The zero-order valence-corrected chi connectivity index (χ0v) is 15.2. The van der Waals surface area contributed by atoms with Gasteiger partial charge in [0.15, 0.2) is 0 Å². The molecule has 0 aromatic carbocycles. The van der Waals surface area contributed by atoms with E-state index in [1.165, 1.54) is 0 Å². The highest BCUT2D eigenvalue weighted by Crippen LogP contribution is 2.14. The molecule has 125 valence electrons. The lowest BCUT2D eigenvalue weighted by Crippen LogP contribution is -2.45. The Morgan fingerprint density at radius 1 is 1.00 bits per heavy atom. The van der Waals surface area contributed by atoms with E-state index in [2.05, 4.69) is 18.2 Å². The SMILES string of the molecule is CCO[Si](CC)(OCC)OCC.[CH2]CCOC(=O)C(=C)C. The fraction of sp³-hybridized carbons (Fsp3) is 0.733. The molecule has 0 rings (SSSR count). The fourth-order valence-corrected chi connectivity index (χ4v) is 3.56. The molecular weight excluding hydrogens is 288 g/mol. The summed E-state index contributed by atoms with van der Waals surface area (Å²) >= 11 is 0. The van der Waals surface area contributed by atoms with Gasteiger partial charge in [-0.15, -0.1) is 0 Å². The molecule has 0 amide bonds. The smallest absolute Gasteiger partial charge is 0.462 e. The summed E-state index contributed by atoms with van der Waals surface area (Å²) < 4.78 is 21.3. The molecule has 0 bridgehead atoms. The molecule has 21 heavy (non-hydrogen) atoms. The van der Waals surface area contributed by atoms with Gasteiger partial charge in [-0.3, -0.25) is 0 Å². The van der Waals surface area contributed by atoms with E-state index in [1.807, 2.05) is 27.7 Å². The van der Waals surface area contributed by atoms with Crippen molar-refractivity contribution in [2.45, 2.75) is 47.1 Å². The molecule has 0 aliphatic heterocycles. The van der Waals surface area contributed by atoms with Crippen LogP contribution < -0.4 is 0 Å². The fourth-order valence-electron chi connectivity index (χ4n) is 1.38. The predicted octanol–water partition coefficient (Wildman–Crippen LogP) is 3.38. The molecule has 0 unspecified atom stereocenters. The largest absolute Gasteiger partial charge is 0.500 e. The molecule has 0 aromatic rings. The van der Waals surface area contributed by atoms with E-state index in [9.17, 15) is 4.79 Å². The number of carbonyl (C=O) groups excluding carboxylic acids is 1. The van der Waals surface area contributed by atoms with Crippen molar-refractivity contribution in [1.82, 2.24) is 0 Å². The third-order valence-electron chi connectivity index (χ3n) is 2.25. The van der Waals surface area contributed by atoms with E-state index in [-0.39, 0.29) is 5.97 Å². The zero-order valence-electron chi connectivity index (χ0n) is 14.2. The summed E-state index contributed by atoms with van der Waals surface area (Å²) in [6, 6.07) is 0.850. The lowest BCUT2D eigenvalue weighted by atomic mass is 10.4. The normalized spacial score (nSPS) is 10.6. The molecular formula is C15H31O5Si. The molecule has 0 fully saturated rings.